The summed E-state index contributed by atoms with van der Waals surface area (Å²) in [6.07, 6.45) is 2.64. The van der Waals surface area contributed by atoms with E-state index in [9.17, 15) is 4.79 Å². The zero-order valence-corrected chi connectivity index (χ0v) is 16.1. The van der Waals surface area contributed by atoms with Crippen LogP contribution in [0, 0.1) is 19.8 Å². The van der Waals surface area contributed by atoms with Gasteiger partial charge in [-0.3, -0.25) is 4.79 Å². The van der Waals surface area contributed by atoms with Crippen molar-refractivity contribution >= 4 is 11.6 Å². The lowest BCUT2D eigenvalue weighted by atomic mass is 9.97. The summed E-state index contributed by atoms with van der Waals surface area (Å²) < 4.78 is 1.56. The third-order valence-corrected chi connectivity index (χ3v) is 5.15. The van der Waals surface area contributed by atoms with E-state index in [1.54, 1.807) is 4.68 Å². The molecule has 0 saturated carbocycles. The summed E-state index contributed by atoms with van der Waals surface area (Å²) in [4.78, 5) is 12.5. The van der Waals surface area contributed by atoms with Gasteiger partial charge in [0.05, 0.1) is 23.5 Å². The second kappa shape index (κ2) is 7.89. The molecule has 0 radical (unpaired) electrons. The summed E-state index contributed by atoms with van der Waals surface area (Å²) >= 11 is 0. The third kappa shape index (κ3) is 3.94. The summed E-state index contributed by atoms with van der Waals surface area (Å²) in [6, 6.07) is 8.34. The molecule has 1 aromatic carbocycles. The van der Waals surface area contributed by atoms with Crippen LogP contribution in [0.25, 0.3) is 5.95 Å². The van der Waals surface area contributed by atoms with Gasteiger partial charge in [-0.15, -0.1) is 5.10 Å². The first-order chi connectivity index (χ1) is 13.6. The molecule has 0 bridgehead atoms. The van der Waals surface area contributed by atoms with Crippen molar-refractivity contribution in [2.45, 2.75) is 33.1 Å². The van der Waals surface area contributed by atoms with Gasteiger partial charge in [-0.1, -0.05) is 29.4 Å². The molecule has 9 nitrogen and oxygen atoms in total. The number of nitrogens with one attached hydrogen (secondary N) is 3. The molecule has 146 valence electrons. The van der Waals surface area contributed by atoms with Crippen molar-refractivity contribution in [2.24, 2.45) is 5.92 Å². The fourth-order valence-corrected chi connectivity index (χ4v) is 3.65. The fraction of sp³-hybridized carbons (Fsp3) is 0.421. The van der Waals surface area contributed by atoms with E-state index >= 15 is 0 Å². The van der Waals surface area contributed by atoms with E-state index < -0.39 is 0 Å². The quantitative estimate of drug-likeness (QED) is 0.595. The average Bonchev–Trinajstić information content (AvgIpc) is 3.43. The minimum absolute atomic E-state index is 0.0772. The van der Waals surface area contributed by atoms with Gasteiger partial charge in [0.1, 0.15) is 0 Å². The summed E-state index contributed by atoms with van der Waals surface area (Å²) in [7, 11) is 0. The van der Waals surface area contributed by atoms with E-state index in [2.05, 4.69) is 48.5 Å². The number of aromatic nitrogens is 6. The van der Waals surface area contributed by atoms with Gasteiger partial charge in [0.15, 0.2) is 0 Å². The van der Waals surface area contributed by atoms with Crippen LogP contribution in [0.4, 0.5) is 5.69 Å². The molecule has 3 heterocycles. The number of aryl methyl sites for hydroxylation is 1. The van der Waals surface area contributed by atoms with Gasteiger partial charge in [0.25, 0.3) is 5.95 Å². The monoisotopic (exact) mass is 380 g/mol. The van der Waals surface area contributed by atoms with E-state index in [0.29, 0.717) is 23.8 Å². The third-order valence-electron chi connectivity index (χ3n) is 5.15. The van der Waals surface area contributed by atoms with Crippen LogP contribution in [-0.4, -0.2) is 49.4 Å². The van der Waals surface area contributed by atoms with Gasteiger partial charge in [-0.2, -0.15) is 15.0 Å². The SMILES string of the molecule is Cc1nn(-c2nn[nH]n2)c(C)c1NC(=O)Cc1ccc(CC2CCNC2)cc1. The number of anilines is 1. The van der Waals surface area contributed by atoms with Crippen molar-refractivity contribution in [1.82, 2.24) is 35.7 Å². The van der Waals surface area contributed by atoms with E-state index in [0.717, 1.165) is 36.7 Å². The number of hydrogen-bond acceptors (Lipinski definition) is 6. The maximum Gasteiger partial charge on any atom is 0.290 e. The number of rotatable bonds is 6. The van der Waals surface area contributed by atoms with Crippen LogP contribution in [-0.2, 0) is 17.6 Å². The molecule has 28 heavy (non-hydrogen) atoms. The molecule has 1 saturated heterocycles. The van der Waals surface area contributed by atoms with Crippen LogP contribution in [0.1, 0.15) is 28.9 Å². The Kier molecular flexibility index (Phi) is 5.16. The number of H-pyrrole nitrogens is 1. The number of tetrazole rings is 1. The first-order valence-electron chi connectivity index (χ1n) is 9.48. The Labute approximate surface area is 162 Å². The molecule has 1 aliphatic heterocycles. The highest BCUT2D eigenvalue weighted by Crippen LogP contribution is 2.21. The molecule has 1 amide bonds. The van der Waals surface area contributed by atoms with Crippen LogP contribution in [0.5, 0.6) is 0 Å². The molecule has 0 aliphatic carbocycles. The highest BCUT2D eigenvalue weighted by molar-refractivity contribution is 5.93. The van der Waals surface area contributed by atoms with Crippen LogP contribution in [0.2, 0.25) is 0 Å². The predicted octanol–water partition coefficient (Wildman–Crippen LogP) is 1.34. The Morgan fingerprint density at radius 2 is 2.04 bits per heavy atom. The van der Waals surface area contributed by atoms with Crippen LogP contribution in [0.15, 0.2) is 24.3 Å². The van der Waals surface area contributed by atoms with Crippen molar-refractivity contribution < 1.29 is 4.79 Å². The van der Waals surface area contributed by atoms with Crippen molar-refractivity contribution in [1.29, 1.82) is 0 Å². The van der Waals surface area contributed by atoms with Crippen LogP contribution < -0.4 is 10.6 Å². The van der Waals surface area contributed by atoms with Crippen LogP contribution in [0.3, 0.4) is 0 Å². The molecule has 4 rings (SSSR count). The fourth-order valence-electron chi connectivity index (χ4n) is 3.65. The number of nitrogens with zero attached hydrogens (tertiary/aromatic N) is 5. The largest absolute Gasteiger partial charge is 0.323 e. The highest BCUT2D eigenvalue weighted by Gasteiger charge is 2.18. The maximum absolute atomic E-state index is 12.5. The number of benzene rings is 1. The molecule has 0 spiro atoms. The summed E-state index contributed by atoms with van der Waals surface area (Å²) in [5.74, 6) is 0.983. The van der Waals surface area contributed by atoms with Gasteiger partial charge < -0.3 is 10.6 Å². The number of hydrogen-bond donors (Lipinski definition) is 3. The summed E-state index contributed by atoms with van der Waals surface area (Å²) in [6.45, 7) is 5.91. The lowest BCUT2D eigenvalue weighted by Crippen LogP contribution is -2.15. The van der Waals surface area contributed by atoms with Crippen molar-refractivity contribution in [2.75, 3.05) is 18.4 Å². The minimum Gasteiger partial charge on any atom is -0.323 e. The lowest BCUT2D eigenvalue weighted by molar-refractivity contribution is -0.115. The Balaban J connectivity index is 1.39. The second-order valence-corrected chi connectivity index (χ2v) is 7.27. The zero-order chi connectivity index (χ0) is 19.5. The Morgan fingerprint density at radius 1 is 1.25 bits per heavy atom. The molecule has 1 aliphatic rings. The first-order valence-corrected chi connectivity index (χ1v) is 9.48. The van der Waals surface area contributed by atoms with E-state index in [1.165, 1.54) is 12.0 Å². The lowest BCUT2D eigenvalue weighted by Gasteiger charge is -2.09. The summed E-state index contributed by atoms with van der Waals surface area (Å²) in [5.41, 5.74) is 4.46. The Morgan fingerprint density at radius 3 is 2.71 bits per heavy atom. The van der Waals surface area contributed by atoms with Crippen molar-refractivity contribution in [3.8, 4) is 5.95 Å². The predicted molar refractivity (Wildman–Crippen MR) is 104 cm³/mol. The summed E-state index contributed by atoms with van der Waals surface area (Å²) in [5, 5.41) is 24.6. The molecular weight excluding hydrogens is 356 g/mol. The number of aromatic amines is 1. The second-order valence-electron chi connectivity index (χ2n) is 7.27. The standard InChI is InChI=1S/C19H24N8O/c1-12-18(13(2)27(24-12)19-22-25-26-23-19)21-17(28)10-15-5-3-14(4-6-15)9-16-7-8-20-11-16/h3-6,16,20H,7-11H2,1-2H3,(H,21,28)(H,22,23,25,26). The molecular formula is C19H24N8O. The Hall–Kier alpha value is -3.07. The first kappa shape index (κ1) is 18.3. The van der Waals surface area contributed by atoms with Gasteiger partial charge >= 0.3 is 0 Å². The molecule has 3 N–H and O–H groups in total. The Bertz CT molecular complexity index is 939. The highest BCUT2D eigenvalue weighted by atomic mass is 16.1. The molecule has 1 fully saturated rings. The van der Waals surface area contributed by atoms with Crippen molar-refractivity contribution in [3.05, 3.63) is 46.8 Å². The molecule has 9 heteroatoms. The number of amides is 1. The van der Waals surface area contributed by atoms with Gasteiger partial charge in [0.2, 0.25) is 5.91 Å². The number of carbonyl (C=O) groups excluding carboxylic acids is 1. The van der Waals surface area contributed by atoms with Crippen LogP contribution >= 0.6 is 0 Å². The van der Waals surface area contributed by atoms with E-state index in [1.807, 2.05) is 26.0 Å². The smallest absolute Gasteiger partial charge is 0.290 e. The van der Waals surface area contributed by atoms with E-state index in [4.69, 9.17) is 0 Å². The molecule has 1 unspecified atom stereocenters. The minimum atomic E-state index is -0.0772. The van der Waals surface area contributed by atoms with Gasteiger partial charge in [0, 0.05) is 0 Å². The number of carbonyl (C=O) groups is 1. The maximum atomic E-state index is 12.5. The normalized spacial score (nSPS) is 16.4. The molecule has 1 atom stereocenters. The van der Waals surface area contributed by atoms with Gasteiger partial charge in [-0.25, -0.2) is 0 Å². The molecule has 2 aromatic heterocycles. The average molecular weight is 380 g/mol. The molecule has 3 aromatic rings. The topological polar surface area (TPSA) is 113 Å². The van der Waals surface area contributed by atoms with Gasteiger partial charge in [-0.05, 0) is 62.0 Å². The zero-order valence-electron chi connectivity index (χ0n) is 16.1. The van der Waals surface area contributed by atoms with Crippen molar-refractivity contribution in [3.63, 3.8) is 0 Å². The van der Waals surface area contributed by atoms with E-state index in [-0.39, 0.29) is 5.91 Å².